The van der Waals surface area contributed by atoms with Crippen LogP contribution in [0, 0.1) is 0 Å². The number of hydrogen-bond donors (Lipinski definition) is 2. The van der Waals surface area contributed by atoms with Gasteiger partial charge in [0.15, 0.2) is 5.58 Å². The average molecular weight is 393 g/mol. The molecule has 152 valence electrons. The summed E-state index contributed by atoms with van der Waals surface area (Å²) in [7, 11) is 0. The second kappa shape index (κ2) is 7.73. The van der Waals surface area contributed by atoms with Crippen molar-refractivity contribution in [2.75, 3.05) is 23.3 Å². The molecule has 2 amide bonds. The van der Waals surface area contributed by atoms with Crippen LogP contribution in [0.5, 0.6) is 0 Å². The van der Waals surface area contributed by atoms with E-state index in [1.807, 2.05) is 42.6 Å². The Morgan fingerprint density at radius 3 is 2.66 bits per heavy atom. The Labute approximate surface area is 170 Å². The highest BCUT2D eigenvalue weighted by atomic mass is 16.3. The second-order valence-corrected chi connectivity index (χ2v) is 8.50. The van der Waals surface area contributed by atoms with Gasteiger partial charge in [-0.05, 0) is 43.2 Å². The minimum atomic E-state index is -0.194. The Bertz CT molecular complexity index is 985. The standard InChI is InChI=1S/C22H27N5O2/c1-22(2,3)20-26-17-14-16(7-8-18(17)29-20)25-21(28)24-15-9-12-27(13-10-15)19-6-4-5-11-23-19/h4-8,11,14-15H,9-10,12-13H2,1-3H3,(H2,24,25,28). The molecule has 29 heavy (non-hydrogen) atoms. The molecular weight excluding hydrogens is 366 g/mol. The van der Waals surface area contributed by atoms with E-state index in [0.29, 0.717) is 11.6 Å². The van der Waals surface area contributed by atoms with E-state index in [4.69, 9.17) is 4.42 Å². The zero-order valence-corrected chi connectivity index (χ0v) is 17.1. The maximum atomic E-state index is 12.4. The van der Waals surface area contributed by atoms with Gasteiger partial charge in [-0.1, -0.05) is 26.8 Å². The van der Waals surface area contributed by atoms with Crippen molar-refractivity contribution in [3.63, 3.8) is 0 Å². The molecule has 1 saturated heterocycles. The number of urea groups is 1. The van der Waals surface area contributed by atoms with Crippen molar-refractivity contribution in [1.82, 2.24) is 15.3 Å². The van der Waals surface area contributed by atoms with Crippen LogP contribution >= 0.6 is 0 Å². The molecule has 7 heteroatoms. The number of oxazole rings is 1. The van der Waals surface area contributed by atoms with E-state index >= 15 is 0 Å². The molecular formula is C22H27N5O2. The highest BCUT2D eigenvalue weighted by Crippen LogP contribution is 2.27. The van der Waals surface area contributed by atoms with Crippen molar-refractivity contribution in [3.05, 3.63) is 48.5 Å². The number of carbonyl (C=O) groups is 1. The Hall–Kier alpha value is -3.09. The lowest BCUT2D eigenvalue weighted by Crippen LogP contribution is -2.46. The minimum absolute atomic E-state index is 0.151. The lowest BCUT2D eigenvalue weighted by Gasteiger charge is -2.33. The van der Waals surface area contributed by atoms with Gasteiger partial charge in [0, 0.05) is 36.4 Å². The van der Waals surface area contributed by atoms with E-state index in [1.165, 1.54) is 0 Å². The predicted octanol–water partition coefficient (Wildman–Crippen LogP) is 4.31. The maximum absolute atomic E-state index is 12.4. The summed E-state index contributed by atoms with van der Waals surface area (Å²) in [6.45, 7) is 7.93. The largest absolute Gasteiger partial charge is 0.440 e. The number of pyridine rings is 1. The molecule has 1 aromatic carbocycles. The van der Waals surface area contributed by atoms with Gasteiger partial charge >= 0.3 is 6.03 Å². The van der Waals surface area contributed by atoms with E-state index in [9.17, 15) is 4.79 Å². The first-order valence-electron chi connectivity index (χ1n) is 10.0. The molecule has 0 unspecified atom stereocenters. The molecule has 0 spiro atoms. The summed E-state index contributed by atoms with van der Waals surface area (Å²) in [4.78, 5) is 23.6. The summed E-state index contributed by atoms with van der Waals surface area (Å²) < 4.78 is 5.81. The predicted molar refractivity (Wildman–Crippen MR) is 114 cm³/mol. The number of nitrogens with zero attached hydrogens (tertiary/aromatic N) is 3. The van der Waals surface area contributed by atoms with Crippen LogP contribution in [0.4, 0.5) is 16.3 Å². The molecule has 2 aromatic heterocycles. The van der Waals surface area contributed by atoms with Crippen LogP contribution in [0.15, 0.2) is 47.0 Å². The van der Waals surface area contributed by atoms with Gasteiger partial charge in [0.1, 0.15) is 11.3 Å². The molecule has 3 heterocycles. The third-order valence-corrected chi connectivity index (χ3v) is 5.09. The highest BCUT2D eigenvalue weighted by molar-refractivity contribution is 5.91. The van der Waals surface area contributed by atoms with Gasteiger partial charge in [-0.15, -0.1) is 0 Å². The Morgan fingerprint density at radius 1 is 1.17 bits per heavy atom. The molecule has 3 aromatic rings. The summed E-state index contributed by atoms with van der Waals surface area (Å²) in [6.07, 6.45) is 3.59. The second-order valence-electron chi connectivity index (χ2n) is 8.50. The van der Waals surface area contributed by atoms with E-state index in [2.05, 4.69) is 46.3 Å². The molecule has 0 saturated carbocycles. The molecule has 4 rings (SSSR count). The van der Waals surface area contributed by atoms with Crippen molar-refractivity contribution in [2.45, 2.75) is 45.1 Å². The number of benzene rings is 1. The molecule has 1 aliphatic rings. The van der Waals surface area contributed by atoms with Crippen molar-refractivity contribution in [3.8, 4) is 0 Å². The monoisotopic (exact) mass is 393 g/mol. The summed E-state index contributed by atoms with van der Waals surface area (Å²) in [5.74, 6) is 1.68. The van der Waals surface area contributed by atoms with Crippen LogP contribution < -0.4 is 15.5 Å². The van der Waals surface area contributed by atoms with Crippen molar-refractivity contribution in [1.29, 1.82) is 0 Å². The molecule has 1 fully saturated rings. The normalized spacial score (nSPS) is 15.5. The lowest BCUT2D eigenvalue weighted by molar-refractivity contribution is 0.246. The molecule has 2 N–H and O–H groups in total. The number of amides is 2. The lowest BCUT2D eigenvalue weighted by atomic mass is 9.97. The highest BCUT2D eigenvalue weighted by Gasteiger charge is 2.22. The fourth-order valence-electron chi connectivity index (χ4n) is 3.47. The number of aromatic nitrogens is 2. The summed E-state index contributed by atoms with van der Waals surface area (Å²) >= 11 is 0. The molecule has 7 nitrogen and oxygen atoms in total. The SMILES string of the molecule is CC(C)(C)c1nc2cc(NC(=O)NC3CCN(c4ccccn4)CC3)ccc2o1. The van der Waals surface area contributed by atoms with Gasteiger partial charge in [-0.3, -0.25) is 0 Å². The number of nitrogens with one attached hydrogen (secondary N) is 2. The maximum Gasteiger partial charge on any atom is 0.319 e. The average Bonchev–Trinajstić information content (AvgIpc) is 3.13. The fourth-order valence-corrected chi connectivity index (χ4v) is 3.47. The summed E-state index contributed by atoms with van der Waals surface area (Å²) in [5.41, 5.74) is 2.02. The smallest absolute Gasteiger partial charge is 0.319 e. The van der Waals surface area contributed by atoms with E-state index in [1.54, 1.807) is 0 Å². The van der Waals surface area contributed by atoms with Crippen molar-refractivity contribution < 1.29 is 9.21 Å². The molecule has 1 aliphatic heterocycles. The van der Waals surface area contributed by atoms with E-state index in [0.717, 1.165) is 42.8 Å². The zero-order valence-electron chi connectivity index (χ0n) is 17.1. The van der Waals surface area contributed by atoms with Gasteiger partial charge in [-0.25, -0.2) is 14.8 Å². The third kappa shape index (κ3) is 4.50. The number of carbonyl (C=O) groups excluding carboxylic acids is 1. The topological polar surface area (TPSA) is 83.3 Å². The number of piperidine rings is 1. The summed E-state index contributed by atoms with van der Waals surface area (Å²) in [6, 6.07) is 11.4. The van der Waals surface area contributed by atoms with Gasteiger partial charge in [0.25, 0.3) is 0 Å². The number of rotatable bonds is 3. The molecule has 0 radical (unpaired) electrons. The van der Waals surface area contributed by atoms with E-state index < -0.39 is 0 Å². The molecule has 0 aliphatic carbocycles. The van der Waals surface area contributed by atoms with Gasteiger partial charge < -0.3 is 20.0 Å². The van der Waals surface area contributed by atoms with Gasteiger partial charge in [0.05, 0.1) is 0 Å². The van der Waals surface area contributed by atoms with Gasteiger partial charge in [-0.2, -0.15) is 0 Å². The first-order valence-corrected chi connectivity index (χ1v) is 10.0. The zero-order chi connectivity index (χ0) is 20.4. The van der Waals surface area contributed by atoms with Gasteiger partial charge in [0.2, 0.25) is 5.89 Å². The van der Waals surface area contributed by atoms with Crippen LogP contribution in [0.25, 0.3) is 11.1 Å². The quantitative estimate of drug-likeness (QED) is 0.693. The Kier molecular flexibility index (Phi) is 5.13. The Balaban J connectivity index is 1.33. The van der Waals surface area contributed by atoms with Crippen LogP contribution in [-0.4, -0.2) is 35.1 Å². The summed E-state index contributed by atoms with van der Waals surface area (Å²) in [5, 5.41) is 5.99. The first-order chi connectivity index (χ1) is 13.9. The van der Waals surface area contributed by atoms with Crippen LogP contribution in [0.2, 0.25) is 0 Å². The number of fused-ring (bicyclic) bond motifs is 1. The fraction of sp³-hybridized carbons (Fsp3) is 0.409. The Morgan fingerprint density at radius 2 is 1.97 bits per heavy atom. The van der Waals surface area contributed by atoms with Crippen LogP contribution in [0.1, 0.15) is 39.5 Å². The minimum Gasteiger partial charge on any atom is -0.440 e. The van der Waals surface area contributed by atoms with Crippen molar-refractivity contribution >= 4 is 28.6 Å². The van der Waals surface area contributed by atoms with E-state index in [-0.39, 0.29) is 17.5 Å². The number of anilines is 2. The molecule has 0 bridgehead atoms. The number of hydrogen-bond acceptors (Lipinski definition) is 5. The van der Waals surface area contributed by atoms with Crippen molar-refractivity contribution in [2.24, 2.45) is 0 Å². The molecule has 0 atom stereocenters. The third-order valence-electron chi connectivity index (χ3n) is 5.09. The van der Waals surface area contributed by atoms with Crippen LogP contribution in [-0.2, 0) is 5.41 Å². The first kappa shape index (κ1) is 19.2. The van der Waals surface area contributed by atoms with Crippen LogP contribution in [0.3, 0.4) is 0 Å².